The van der Waals surface area contributed by atoms with Gasteiger partial charge in [-0.15, -0.1) is 0 Å². The molecule has 0 fully saturated rings. The number of hydrogen-bond donors (Lipinski definition) is 1. The van der Waals surface area contributed by atoms with Gasteiger partial charge in [-0.05, 0) is 40.2 Å². The number of amides is 1. The summed E-state index contributed by atoms with van der Waals surface area (Å²) in [6.07, 6.45) is 4.75. The Morgan fingerprint density at radius 2 is 1.83 bits per heavy atom. The fourth-order valence-corrected chi connectivity index (χ4v) is 1.88. The van der Waals surface area contributed by atoms with Crippen LogP contribution in [0.2, 0.25) is 0 Å². The number of unbranched alkanes of at least 4 members (excludes halogenated alkanes) is 1. The summed E-state index contributed by atoms with van der Waals surface area (Å²) in [6.45, 7) is 10.3. The van der Waals surface area contributed by atoms with Gasteiger partial charge in [-0.1, -0.05) is 19.4 Å². The van der Waals surface area contributed by atoms with E-state index < -0.39 is 29.8 Å². The number of carbonyl (C=O) groups is 3. The van der Waals surface area contributed by atoms with E-state index in [1.807, 2.05) is 6.92 Å². The summed E-state index contributed by atoms with van der Waals surface area (Å²) < 4.78 is 10.4. The number of ketones is 1. The average Bonchev–Trinajstić information content (AvgIpc) is 2.41. The van der Waals surface area contributed by atoms with E-state index in [1.54, 1.807) is 39.8 Å². The first kappa shape index (κ1) is 22.1. The van der Waals surface area contributed by atoms with E-state index in [0.29, 0.717) is 6.42 Å². The molecule has 24 heavy (non-hydrogen) atoms. The summed E-state index contributed by atoms with van der Waals surface area (Å²) in [5.74, 6) is -0.317. The minimum Gasteiger partial charge on any atom is -0.456 e. The van der Waals surface area contributed by atoms with Crippen LogP contribution in [0.15, 0.2) is 12.2 Å². The predicted molar refractivity (Wildman–Crippen MR) is 92.7 cm³/mol. The zero-order valence-corrected chi connectivity index (χ0v) is 15.7. The zero-order chi connectivity index (χ0) is 18.8. The largest absolute Gasteiger partial charge is 0.456 e. The van der Waals surface area contributed by atoms with Crippen molar-refractivity contribution in [3.05, 3.63) is 12.2 Å². The van der Waals surface area contributed by atoms with Crippen molar-refractivity contribution < 1.29 is 23.9 Å². The van der Waals surface area contributed by atoms with Crippen LogP contribution < -0.4 is 5.32 Å². The van der Waals surface area contributed by atoms with E-state index in [2.05, 4.69) is 5.32 Å². The highest BCUT2D eigenvalue weighted by Crippen LogP contribution is 2.09. The van der Waals surface area contributed by atoms with E-state index in [1.165, 1.54) is 6.92 Å². The molecule has 0 aliphatic rings. The number of rotatable bonds is 9. The van der Waals surface area contributed by atoms with Crippen LogP contribution in [-0.4, -0.2) is 35.6 Å². The molecule has 0 aromatic rings. The van der Waals surface area contributed by atoms with Gasteiger partial charge in [0.05, 0.1) is 6.04 Å². The van der Waals surface area contributed by atoms with Gasteiger partial charge in [0.2, 0.25) is 0 Å². The van der Waals surface area contributed by atoms with Crippen molar-refractivity contribution in [1.82, 2.24) is 5.32 Å². The van der Waals surface area contributed by atoms with Crippen molar-refractivity contribution in [2.24, 2.45) is 0 Å². The number of alkyl carbamates (subject to hydrolysis) is 1. The van der Waals surface area contributed by atoms with Gasteiger partial charge in [0, 0.05) is 19.8 Å². The summed E-state index contributed by atoms with van der Waals surface area (Å²) in [5, 5.41) is 2.64. The molecule has 1 unspecified atom stereocenters. The van der Waals surface area contributed by atoms with E-state index >= 15 is 0 Å². The van der Waals surface area contributed by atoms with Crippen LogP contribution in [0.4, 0.5) is 4.79 Å². The fourth-order valence-electron chi connectivity index (χ4n) is 1.88. The van der Waals surface area contributed by atoms with Gasteiger partial charge in [0.25, 0.3) is 0 Å². The molecule has 0 aromatic heterocycles. The summed E-state index contributed by atoms with van der Waals surface area (Å²) in [6, 6.07) is -0.481. The van der Waals surface area contributed by atoms with Gasteiger partial charge in [-0.2, -0.15) is 0 Å². The Morgan fingerprint density at radius 3 is 2.33 bits per heavy atom. The summed E-state index contributed by atoms with van der Waals surface area (Å²) in [5.41, 5.74) is -0.609. The Labute approximate surface area is 145 Å². The Hall–Kier alpha value is -1.85. The molecule has 0 heterocycles. The van der Waals surface area contributed by atoms with Crippen molar-refractivity contribution in [3.8, 4) is 0 Å². The smallest absolute Gasteiger partial charge is 0.408 e. The summed E-state index contributed by atoms with van der Waals surface area (Å²) in [7, 11) is 0. The quantitative estimate of drug-likeness (QED) is 0.512. The molecule has 0 aromatic carbocycles. The summed E-state index contributed by atoms with van der Waals surface area (Å²) in [4.78, 5) is 34.7. The van der Waals surface area contributed by atoms with Crippen LogP contribution in [0.25, 0.3) is 0 Å². The number of nitrogens with one attached hydrogen (secondary N) is 1. The van der Waals surface area contributed by atoms with Crippen molar-refractivity contribution in [2.45, 2.75) is 85.0 Å². The van der Waals surface area contributed by atoms with Gasteiger partial charge < -0.3 is 14.8 Å². The van der Waals surface area contributed by atoms with Crippen molar-refractivity contribution >= 4 is 17.8 Å². The molecule has 0 saturated heterocycles. The van der Waals surface area contributed by atoms with Crippen LogP contribution in [0.5, 0.6) is 0 Å². The highest BCUT2D eigenvalue weighted by atomic mass is 16.6. The zero-order valence-electron chi connectivity index (χ0n) is 15.7. The molecule has 1 amide bonds. The number of hydrogen-bond acceptors (Lipinski definition) is 5. The average molecular weight is 341 g/mol. The van der Waals surface area contributed by atoms with E-state index in [-0.39, 0.29) is 12.2 Å². The molecule has 0 aliphatic carbocycles. The lowest BCUT2D eigenvalue weighted by molar-refractivity contribution is -0.145. The second kappa shape index (κ2) is 10.8. The number of allylic oxidation sites excluding steroid dienone is 1. The molecule has 1 N–H and O–H groups in total. The predicted octanol–water partition coefficient (Wildman–Crippen LogP) is 3.54. The van der Waals surface area contributed by atoms with Crippen LogP contribution >= 0.6 is 0 Å². The minimum atomic E-state index is -0.658. The van der Waals surface area contributed by atoms with Crippen LogP contribution in [0, 0.1) is 0 Å². The third-order valence-corrected chi connectivity index (χ3v) is 3.02. The number of carbonyl (C=O) groups excluding carboxylic acids is 3. The van der Waals surface area contributed by atoms with Gasteiger partial charge >= 0.3 is 12.1 Å². The third-order valence-electron chi connectivity index (χ3n) is 3.02. The number of ether oxygens (including phenoxy) is 2. The molecular formula is C18H31NO5. The fraction of sp³-hybridized carbons (Fsp3) is 0.722. The molecule has 6 nitrogen and oxygen atoms in total. The molecule has 0 aliphatic heterocycles. The molecule has 138 valence electrons. The minimum absolute atomic E-state index is 0.141. The first-order chi connectivity index (χ1) is 11.0. The Bertz CT molecular complexity index is 451. The van der Waals surface area contributed by atoms with Crippen molar-refractivity contribution in [2.75, 3.05) is 0 Å². The lowest BCUT2D eigenvalue weighted by atomic mass is 10.1. The molecule has 6 heteroatoms. The molecule has 0 bridgehead atoms. The maximum absolute atomic E-state index is 11.8. The molecule has 0 saturated carbocycles. The van der Waals surface area contributed by atoms with Crippen LogP contribution in [0.1, 0.15) is 67.2 Å². The lowest BCUT2D eigenvalue weighted by Gasteiger charge is -2.25. The summed E-state index contributed by atoms with van der Waals surface area (Å²) >= 11 is 0. The Morgan fingerprint density at radius 1 is 1.21 bits per heavy atom. The first-order valence-electron chi connectivity index (χ1n) is 8.40. The molecule has 2 atom stereocenters. The van der Waals surface area contributed by atoms with Crippen LogP contribution in [-0.2, 0) is 19.1 Å². The van der Waals surface area contributed by atoms with E-state index in [0.717, 1.165) is 12.8 Å². The SMILES string of the molecule is CCCCC(=O)C/C=C\C(OC(C)=O)[C@@H](C)NC(=O)OC(C)(C)C. The standard InChI is InChI=1S/C18H31NO5/c1-7-8-10-15(21)11-9-12-16(23-14(3)20)13(2)19-17(22)24-18(4,5)6/h9,12-13,16H,7-8,10-11H2,1-6H3,(H,19,22)/b12-9-/t13-,16?/m1/s1. The maximum atomic E-state index is 11.8. The maximum Gasteiger partial charge on any atom is 0.408 e. The van der Waals surface area contributed by atoms with Gasteiger partial charge in [-0.25, -0.2) is 4.79 Å². The van der Waals surface area contributed by atoms with E-state index in [9.17, 15) is 14.4 Å². The van der Waals surface area contributed by atoms with Crippen molar-refractivity contribution in [3.63, 3.8) is 0 Å². The molecular weight excluding hydrogens is 310 g/mol. The monoisotopic (exact) mass is 341 g/mol. The van der Waals surface area contributed by atoms with Crippen LogP contribution in [0.3, 0.4) is 0 Å². The molecule has 0 radical (unpaired) electrons. The Balaban J connectivity index is 4.66. The highest BCUT2D eigenvalue weighted by molar-refractivity contribution is 5.79. The first-order valence-corrected chi connectivity index (χ1v) is 8.40. The topological polar surface area (TPSA) is 81.7 Å². The normalized spacial score (nSPS) is 14.1. The molecule has 0 spiro atoms. The number of Topliss-reactive ketones (excluding diaryl/α,β-unsaturated/α-hetero) is 1. The second-order valence-corrected chi connectivity index (χ2v) is 6.78. The second-order valence-electron chi connectivity index (χ2n) is 6.78. The lowest BCUT2D eigenvalue weighted by Crippen LogP contribution is -2.44. The van der Waals surface area contributed by atoms with E-state index in [4.69, 9.17) is 9.47 Å². The van der Waals surface area contributed by atoms with Gasteiger partial charge in [0.1, 0.15) is 17.5 Å². The number of esters is 1. The van der Waals surface area contributed by atoms with Crippen molar-refractivity contribution in [1.29, 1.82) is 0 Å². The molecule has 0 rings (SSSR count). The Kier molecular flexibility index (Phi) is 10.0. The third kappa shape index (κ3) is 11.7. The highest BCUT2D eigenvalue weighted by Gasteiger charge is 2.23. The van der Waals surface area contributed by atoms with Gasteiger partial charge in [0.15, 0.2) is 0 Å². The van der Waals surface area contributed by atoms with Gasteiger partial charge in [-0.3, -0.25) is 9.59 Å².